The molecule has 96 valence electrons. The Morgan fingerprint density at radius 1 is 1.28 bits per heavy atom. The van der Waals surface area contributed by atoms with Gasteiger partial charge in [0, 0.05) is 12.5 Å². The molecule has 2 aromatic heterocycles. The first kappa shape index (κ1) is 12.6. The predicted octanol–water partition coefficient (Wildman–Crippen LogP) is 1.44. The number of hydrogen-bond donors (Lipinski definition) is 2. The summed E-state index contributed by atoms with van der Waals surface area (Å²) in [5.41, 5.74) is 11.2. The largest absolute Gasteiger partial charge is 0.383 e. The molecule has 0 amide bonds. The lowest BCUT2D eigenvalue weighted by molar-refractivity contribution is 0.375. The van der Waals surface area contributed by atoms with Gasteiger partial charge >= 0.3 is 0 Å². The van der Waals surface area contributed by atoms with Crippen molar-refractivity contribution in [1.29, 1.82) is 0 Å². The van der Waals surface area contributed by atoms with Crippen molar-refractivity contribution in [2.45, 2.75) is 30.7 Å². The molecule has 0 aliphatic carbocycles. The fourth-order valence-corrected chi connectivity index (χ4v) is 2.13. The summed E-state index contributed by atoms with van der Waals surface area (Å²) < 4.78 is 5.15. The highest BCUT2D eigenvalue weighted by atomic mass is 32.2. The molecular weight excluding hydrogens is 252 g/mol. The van der Waals surface area contributed by atoms with Crippen LogP contribution in [0.15, 0.2) is 15.7 Å². The van der Waals surface area contributed by atoms with Crippen LogP contribution in [-0.2, 0) is 6.42 Å². The SMILES string of the molecule is CCc1noc([C@@H](C)Sc2nc(N)cc(N)n2)n1. The van der Waals surface area contributed by atoms with E-state index in [1.54, 1.807) is 0 Å². The number of nitrogens with zero attached hydrogens (tertiary/aromatic N) is 4. The van der Waals surface area contributed by atoms with Gasteiger partial charge in [-0.2, -0.15) is 4.98 Å². The van der Waals surface area contributed by atoms with Gasteiger partial charge in [-0.15, -0.1) is 0 Å². The first-order valence-electron chi connectivity index (χ1n) is 5.47. The molecule has 0 aromatic carbocycles. The minimum atomic E-state index is -0.0565. The summed E-state index contributed by atoms with van der Waals surface area (Å²) in [4.78, 5) is 12.4. The van der Waals surface area contributed by atoms with Crippen LogP contribution in [0.1, 0.15) is 30.8 Å². The third kappa shape index (κ3) is 2.89. The maximum Gasteiger partial charge on any atom is 0.239 e. The van der Waals surface area contributed by atoms with Gasteiger partial charge in [0.2, 0.25) is 5.89 Å². The van der Waals surface area contributed by atoms with E-state index in [2.05, 4.69) is 20.1 Å². The molecule has 0 aliphatic rings. The first-order valence-corrected chi connectivity index (χ1v) is 6.35. The van der Waals surface area contributed by atoms with Gasteiger partial charge in [-0.05, 0) is 6.92 Å². The average Bonchev–Trinajstić information content (AvgIpc) is 2.75. The second-order valence-electron chi connectivity index (χ2n) is 3.66. The number of hydrogen-bond acceptors (Lipinski definition) is 8. The molecule has 2 heterocycles. The van der Waals surface area contributed by atoms with Crippen LogP contribution in [0.2, 0.25) is 0 Å². The zero-order valence-corrected chi connectivity index (χ0v) is 10.9. The molecule has 0 bridgehead atoms. The van der Waals surface area contributed by atoms with Gasteiger partial charge < -0.3 is 16.0 Å². The highest BCUT2D eigenvalue weighted by Crippen LogP contribution is 2.32. The van der Waals surface area contributed by atoms with Gasteiger partial charge in [-0.25, -0.2) is 9.97 Å². The molecule has 0 fully saturated rings. The number of anilines is 2. The van der Waals surface area contributed by atoms with Gasteiger partial charge in [0.25, 0.3) is 0 Å². The maximum absolute atomic E-state index is 5.60. The van der Waals surface area contributed by atoms with Crippen molar-refractivity contribution in [3.63, 3.8) is 0 Å². The fourth-order valence-electron chi connectivity index (χ4n) is 1.30. The minimum absolute atomic E-state index is 0.0565. The van der Waals surface area contributed by atoms with E-state index in [0.717, 1.165) is 6.42 Å². The van der Waals surface area contributed by atoms with Crippen LogP contribution in [-0.4, -0.2) is 20.1 Å². The van der Waals surface area contributed by atoms with Crippen molar-refractivity contribution >= 4 is 23.4 Å². The molecule has 0 saturated heterocycles. The quantitative estimate of drug-likeness (QED) is 0.630. The fraction of sp³-hybridized carbons (Fsp3) is 0.400. The molecule has 4 N–H and O–H groups in total. The van der Waals surface area contributed by atoms with Crippen molar-refractivity contribution in [2.75, 3.05) is 11.5 Å². The Kier molecular flexibility index (Phi) is 3.66. The molecule has 0 radical (unpaired) electrons. The Morgan fingerprint density at radius 3 is 2.50 bits per heavy atom. The Balaban J connectivity index is 2.12. The number of aromatic nitrogens is 4. The van der Waals surface area contributed by atoms with Crippen LogP contribution >= 0.6 is 11.8 Å². The van der Waals surface area contributed by atoms with Crippen molar-refractivity contribution < 1.29 is 4.52 Å². The lowest BCUT2D eigenvalue weighted by Gasteiger charge is -2.05. The lowest BCUT2D eigenvalue weighted by Crippen LogP contribution is -2.00. The Hall–Kier alpha value is -1.83. The summed E-state index contributed by atoms with van der Waals surface area (Å²) in [6, 6.07) is 1.51. The van der Waals surface area contributed by atoms with Crippen molar-refractivity contribution in [2.24, 2.45) is 0 Å². The zero-order chi connectivity index (χ0) is 13.1. The second kappa shape index (κ2) is 5.21. The van der Waals surface area contributed by atoms with E-state index in [1.165, 1.54) is 17.8 Å². The van der Waals surface area contributed by atoms with Gasteiger partial charge in [0.15, 0.2) is 11.0 Å². The van der Waals surface area contributed by atoms with Crippen LogP contribution in [0.4, 0.5) is 11.6 Å². The van der Waals surface area contributed by atoms with E-state index in [1.807, 2.05) is 13.8 Å². The Labute approximate surface area is 108 Å². The summed E-state index contributed by atoms with van der Waals surface area (Å²) in [6.07, 6.45) is 0.739. The van der Waals surface area contributed by atoms with E-state index in [0.29, 0.717) is 28.5 Å². The highest BCUT2D eigenvalue weighted by molar-refractivity contribution is 7.99. The van der Waals surface area contributed by atoms with Crippen molar-refractivity contribution in [3.05, 3.63) is 17.8 Å². The summed E-state index contributed by atoms with van der Waals surface area (Å²) in [5.74, 6) is 1.92. The zero-order valence-electron chi connectivity index (χ0n) is 10.1. The van der Waals surface area contributed by atoms with Gasteiger partial charge in [0.1, 0.15) is 11.6 Å². The summed E-state index contributed by atoms with van der Waals surface area (Å²) in [7, 11) is 0. The number of nitrogen functional groups attached to an aromatic ring is 2. The molecular formula is C10H14N6OS. The normalized spacial score (nSPS) is 12.6. The predicted molar refractivity (Wildman–Crippen MR) is 68.8 cm³/mol. The average molecular weight is 266 g/mol. The van der Waals surface area contributed by atoms with Crippen LogP contribution < -0.4 is 11.5 Å². The standard InChI is InChI=1S/C10H14N6OS/c1-3-8-15-9(17-16-8)5(2)18-10-13-6(11)4-7(12)14-10/h4-5H,3H2,1-2H3,(H4,11,12,13,14)/t5-/m1/s1. The molecule has 18 heavy (non-hydrogen) atoms. The third-order valence-corrected chi connectivity index (χ3v) is 3.12. The van der Waals surface area contributed by atoms with E-state index in [9.17, 15) is 0 Å². The van der Waals surface area contributed by atoms with E-state index in [-0.39, 0.29) is 5.25 Å². The van der Waals surface area contributed by atoms with Crippen molar-refractivity contribution in [1.82, 2.24) is 20.1 Å². The Bertz CT molecular complexity index is 523. The van der Waals surface area contributed by atoms with Crippen molar-refractivity contribution in [3.8, 4) is 0 Å². The Morgan fingerprint density at radius 2 is 1.94 bits per heavy atom. The monoisotopic (exact) mass is 266 g/mol. The molecule has 0 saturated carbocycles. The van der Waals surface area contributed by atoms with E-state index in [4.69, 9.17) is 16.0 Å². The number of rotatable bonds is 4. The molecule has 0 unspecified atom stereocenters. The molecule has 0 aliphatic heterocycles. The number of thioether (sulfide) groups is 1. The lowest BCUT2D eigenvalue weighted by atomic mass is 10.4. The molecule has 0 spiro atoms. The summed E-state index contributed by atoms with van der Waals surface area (Å²) >= 11 is 1.37. The topological polar surface area (TPSA) is 117 Å². The molecule has 8 heteroatoms. The van der Waals surface area contributed by atoms with Gasteiger partial charge in [-0.3, -0.25) is 0 Å². The number of nitrogens with two attached hydrogens (primary N) is 2. The molecule has 7 nitrogen and oxygen atoms in total. The minimum Gasteiger partial charge on any atom is -0.383 e. The summed E-state index contributed by atoms with van der Waals surface area (Å²) in [6.45, 7) is 3.90. The molecule has 2 rings (SSSR count). The second-order valence-corrected chi connectivity index (χ2v) is 4.97. The smallest absolute Gasteiger partial charge is 0.239 e. The first-order chi connectivity index (χ1) is 8.58. The molecule has 1 atom stereocenters. The van der Waals surface area contributed by atoms with Gasteiger partial charge in [-0.1, -0.05) is 23.8 Å². The maximum atomic E-state index is 5.60. The van der Waals surface area contributed by atoms with Crippen LogP contribution in [0, 0.1) is 0 Å². The summed E-state index contributed by atoms with van der Waals surface area (Å²) in [5, 5.41) is 4.28. The van der Waals surface area contributed by atoms with Crippen LogP contribution in [0.5, 0.6) is 0 Å². The third-order valence-electron chi connectivity index (χ3n) is 2.18. The highest BCUT2D eigenvalue weighted by Gasteiger charge is 2.17. The van der Waals surface area contributed by atoms with E-state index < -0.39 is 0 Å². The van der Waals surface area contributed by atoms with Crippen LogP contribution in [0.25, 0.3) is 0 Å². The molecule has 2 aromatic rings. The van der Waals surface area contributed by atoms with E-state index >= 15 is 0 Å². The number of aryl methyl sites for hydroxylation is 1. The van der Waals surface area contributed by atoms with Gasteiger partial charge in [0.05, 0.1) is 5.25 Å². The van der Waals surface area contributed by atoms with Crippen LogP contribution in [0.3, 0.4) is 0 Å².